The Morgan fingerprint density at radius 1 is 1.18 bits per heavy atom. The third-order valence-corrected chi connectivity index (χ3v) is 3.88. The molecule has 3 atom stereocenters. The Bertz CT molecular complexity index is 332. The third-order valence-electron chi connectivity index (χ3n) is 3.88. The molecule has 0 aliphatic carbocycles. The van der Waals surface area contributed by atoms with Crippen molar-refractivity contribution in [3.05, 3.63) is 0 Å². The van der Waals surface area contributed by atoms with Crippen molar-refractivity contribution in [3.63, 3.8) is 0 Å². The largest absolute Gasteiger partial charge is 0.481 e. The number of carboxylic acid groups (broad SMARTS) is 1. The first kappa shape index (κ1) is 20.9. The van der Waals surface area contributed by atoms with E-state index < -0.39 is 12.0 Å². The van der Waals surface area contributed by atoms with Gasteiger partial charge >= 0.3 is 5.97 Å². The predicted molar refractivity (Wildman–Crippen MR) is 89.5 cm³/mol. The van der Waals surface area contributed by atoms with Crippen LogP contribution in [0.25, 0.3) is 0 Å². The van der Waals surface area contributed by atoms with Crippen LogP contribution in [0.2, 0.25) is 0 Å². The number of unbranched alkanes of at least 4 members (excludes halogenated alkanes) is 1. The van der Waals surface area contributed by atoms with Crippen molar-refractivity contribution in [2.45, 2.75) is 72.3 Å². The molecule has 0 aliphatic rings. The molecule has 0 radical (unpaired) electrons. The molecule has 22 heavy (non-hydrogen) atoms. The lowest BCUT2D eigenvalue weighted by Crippen LogP contribution is -2.43. The standard InChI is InChI=1S/C17H34N2O3/c1-5-6-7-13(4)9-14(10-16(20)21)11-19-17(22)15(18)8-12(2)3/h12-15H,5-11,18H2,1-4H3,(H,19,22)(H,20,21)/t13?,14?,15-/m0/s1. The van der Waals surface area contributed by atoms with Gasteiger partial charge in [0.2, 0.25) is 5.91 Å². The molecule has 130 valence electrons. The predicted octanol–water partition coefficient (Wildman–Crippen LogP) is 2.78. The number of hydrogen-bond acceptors (Lipinski definition) is 3. The van der Waals surface area contributed by atoms with Gasteiger partial charge in [-0.25, -0.2) is 0 Å². The number of hydrogen-bond donors (Lipinski definition) is 3. The molecule has 0 bridgehead atoms. The lowest BCUT2D eigenvalue weighted by Gasteiger charge is -2.21. The van der Waals surface area contributed by atoms with Gasteiger partial charge in [-0.3, -0.25) is 9.59 Å². The minimum Gasteiger partial charge on any atom is -0.481 e. The fourth-order valence-corrected chi connectivity index (χ4v) is 2.72. The molecule has 0 rings (SSSR count). The molecule has 4 N–H and O–H groups in total. The molecular formula is C17H34N2O3. The molecule has 5 heteroatoms. The van der Waals surface area contributed by atoms with Crippen molar-refractivity contribution in [1.29, 1.82) is 0 Å². The number of amides is 1. The van der Waals surface area contributed by atoms with Gasteiger partial charge in [0.25, 0.3) is 0 Å². The summed E-state index contributed by atoms with van der Waals surface area (Å²) in [6, 6.07) is -0.511. The molecule has 0 spiro atoms. The molecule has 0 fully saturated rings. The maximum atomic E-state index is 11.9. The highest BCUT2D eigenvalue weighted by atomic mass is 16.4. The maximum Gasteiger partial charge on any atom is 0.303 e. The molecule has 0 aliphatic heterocycles. The Hall–Kier alpha value is -1.10. The number of rotatable bonds is 12. The van der Waals surface area contributed by atoms with Crippen LogP contribution in [0.5, 0.6) is 0 Å². The van der Waals surface area contributed by atoms with Crippen LogP contribution in [0.1, 0.15) is 66.2 Å². The van der Waals surface area contributed by atoms with Gasteiger partial charge in [-0.2, -0.15) is 0 Å². The SMILES string of the molecule is CCCCC(C)CC(CNC(=O)[C@@H](N)CC(C)C)CC(=O)O. The molecule has 0 aromatic heterocycles. The van der Waals surface area contributed by atoms with Crippen molar-refractivity contribution in [2.75, 3.05) is 6.54 Å². The molecule has 0 saturated heterocycles. The molecule has 0 aromatic rings. The number of carboxylic acids is 1. The van der Waals surface area contributed by atoms with Crippen LogP contribution in [-0.4, -0.2) is 29.6 Å². The smallest absolute Gasteiger partial charge is 0.303 e. The van der Waals surface area contributed by atoms with Crippen LogP contribution < -0.4 is 11.1 Å². The summed E-state index contributed by atoms with van der Waals surface area (Å²) >= 11 is 0. The monoisotopic (exact) mass is 314 g/mol. The van der Waals surface area contributed by atoms with Gasteiger partial charge in [0.1, 0.15) is 0 Å². The highest BCUT2D eigenvalue weighted by Crippen LogP contribution is 2.20. The maximum absolute atomic E-state index is 11.9. The molecular weight excluding hydrogens is 280 g/mol. The van der Waals surface area contributed by atoms with Crippen molar-refractivity contribution in [2.24, 2.45) is 23.5 Å². The van der Waals surface area contributed by atoms with Crippen LogP contribution in [0, 0.1) is 17.8 Å². The first-order valence-corrected chi connectivity index (χ1v) is 8.51. The number of carbonyl (C=O) groups excluding carboxylic acids is 1. The number of nitrogens with two attached hydrogens (primary N) is 1. The minimum atomic E-state index is -0.812. The molecule has 2 unspecified atom stereocenters. The van der Waals surface area contributed by atoms with Gasteiger partial charge in [-0.1, -0.05) is 47.0 Å². The van der Waals surface area contributed by atoms with Crippen LogP contribution in [0.15, 0.2) is 0 Å². The van der Waals surface area contributed by atoms with Crippen molar-refractivity contribution >= 4 is 11.9 Å². The lowest BCUT2D eigenvalue weighted by molar-refractivity contribution is -0.138. The second-order valence-electron chi connectivity index (χ2n) is 6.93. The van der Waals surface area contributed by atoms with Crippen LogP contribution in [0.4, 0.5) is 0 Å². The second-order valence-corrected chi connectivity index (χ2v) is 6.93. The first-order chi connectivity index (χ1) is 10.3. The van der Waals surface area contributed by atoms with E-state index in [4.69, 9.17) is 10.8 Å². The van der Waals surface area contributed by atoms with E-state index in [1.807, 2.05) is 13.8 Å². The van der Waals surface area contributed by atoms with Crippen molar-refractivity contribution in [3.8, 4) is 0 Å². The fraction of sp³-hybridized carbons (Fsp3) is 0.882. The topological polar surface area (TPSA) is 92.4 Å². The van der Waals surface area contributed by atoms with E-state index in [0.29, 0.717) is 24.8 Å². The summed E-state index contributed by atoms with van der Waals surface area (Å²) in [4.78, 5) is 22.9. The fourth-order valence-electron chi connectivity index (χ4n) is 2.72. The summed E-state index contributed by atoms with van der Waals surface area (Å²) in [6.07, 6.45) is 4.97. The number of aliphatic carboxylic acids is 1. The summed E-state index contributed by atoms with van der Waals surface area (Å²) in [5.74, 6) is -0.173. The Kier molecular flexibility index (Phi) is 10.9. The molecule has 0 saturated carbocycles. The molecule has 0 heterocycles. The van der Waals surface area contributed by atoms with Crippen molar-refractivity contribution < 1.29 is 14.7 Å². The van der Waals surface area contributed by atoms with Gasteiger partial charge in [-0.15, -0.1) is 0 Å². The minimum absolute atomic E-state index is 0.0282. The van der Waals surface area contributed by atoms with Gasteiger partial charge in [0.05, 0.1) is 6.04 Å². The number of carbonyl (C=O) groups is 2. The normalized spacial score (nSPS) is 15.4. The highest BCUT2D eigenvalue weighted by Gasteiger charge is 2.20. The zero-order valence-electron chi connectivity index (χ0n) is 14.6. The quantitative estimate of drug-likeness (QED) is 0.516. The van der Waals surface area contributed by atoms with Crippen LogP contribution in [0.3, 0.4) is 0 Å². The molecule has 0 aromatic carbocycles. The summed E-state index contributed by atoms with van der Waals surface area (Å²) in [5.41, 5.74) is 5.84. The summed E-state index contributed by atoms with van der Waals surface area (Å²) in [5, 5.41) is 11.9. The van der Waals surface area contributed by atoms with Gasteiger partial charge < -0.3 is 16.2 Å². The third kappa shape index (κ3) is 10.6. The average Bonchev–Trinajstić information content (AvgIpc) is 2.40. The first-order valence-electron chi connectivity index (χ1n) is 8.51. The Morgan fingerprint density at radius 3 is 2.32 bits per heavy atom. The van der Waals surface area contributed by atoms with E-state index in [-0.39, 0.29) is 18.2 Å². The van der Waals surface area contributed by atoms with Crippen LogP contribution in [-0.2, 0) is 9.59 Å². The van der Waals surface area contributed by atoms with Crippen molar-refractivity contribution in [1.82, 2.24) is 5.32 Å². The Balaban J connectivity index is 4.34. The summed E-state index contributed by atoms with van der Waals surface area (Å²) in [7, 11) is 0. The average molecular weight is 314 g/mol. The summed E-state index contributed by atoms with van der Waals surface area (Å²) < 4.78 is 0. The Labute approximate surface area is 135 Å². The van der Waals surface area contributed by atoms with Gasteiger partial charge in [0.15, 0.2) is 0 Å². The Morgan fingerprint density at radius 2 is 1.82 bits per heavy atom. The van der Waals surface area contributed by atoms with Gasteiger partial charge in [0, 0.05) is 13.0 Å². The zero-order valence-corrected chi connectivity index (χ0v) is 14.6. The summed E-state index contributed by atoms with van der Waals surface area (Å²) in [6.45, 7) is 8.74. The van der Waals surface area contributed by atoms with E-state index in [0.717, 1.165) is 25.7 Å². The van der Waals surface area contributed by atoms with E-state index >= 15 is 0 Å². The van der Waals surface area contributed by atoms with E-state index in [2.05, 4.69) is 19.2 Å². The van der Waals surface area contributed by atoms with E-state index in [1.165, 1.54) is 0 Å². The van der Waals surface area contributed by atoms with Gasteiger partial charge in [-0.05, 0) is 30.6 Å². The lowest BCUT2D eigenvalue weighted by atomic mass is 9.89. The second kappa shape index (κ2) is 11.5. The molecule has 1 amide bonds. The molecule has 5 nitrogen and oxygen atoms in total. The van der Waals surface area contributed by atoms with Crippen LogP contribution >= 0.6 is 0 Å². The zero-order chi connectivity index (χ0) is 17.1. The number of nitrogens with one attached hydrogen (secondary N) is 1. The van der Waals surface area contributed by atoms with E-state index in [1.54, 1.807) is 0 Å². The highest BCUT2D eigenvalue weighted by molar-refractivity contribution is 5.81. The van der Waals surface area contributed by atoms with E-state index in [9.17, 15) is 9.59 Å².